The van der Waals surface area contributed by atoms with Crippen LogP contribution < -0.4 is 4.74 Å². The molecule has 0 radical (unpaired) electrons. The molecule has 2 aromatic carbocycles. The summed E-state index contributed by atoms with van der Waals surface area (Å²) in [5.74, 6) is -1.06. The van der Waals surface area contributed by atoms with Gasteiger partial charge in [-0.25, -0.2) is 8.78 Å². The van der Waals surface area contributed by atoms with Crippen LogP contribution in [0.15, 0.2) is 42.5 Å². The van der Waals surface area contributed by atoms with Crippen molar-refractivity contribution in [2.75, 3.05) is 0 Å². The van der Waals surface area contributed by atoms with Crippen molar-refractivity contribution in [1.29, 1.82) is 0 Å². The van der Waals surface area contributed by atoms with Crippen molar-refractivity contribution in [2.45, 2.75) is 13.5 Å². The zero-order chi connectivity index (χ0) is 13.8. The van der Waals surface area contributed by atoms with Crippen LogP contribution in [0, 0.1) is 11.6 Å². The number of benzene rings is 2. The number of halogens is 2. The Morgan fingerprint density at radius 1 is 1.11 bits per heavy atom. The minimum absolute atomic E-state index is 0.0642. The van der Waals surface area contributed by atoms with Crippen molar-refractivity contribution in [1.82, 2.24) is 0 Å². The Hall–Kier alpha value is -2.23. The molecule has 0 fully saturated rings. The van der Waals surface area contributed by atoms with E-state index < -0.39 is 5.82 Å². The predicted octanol–water partition coefficient (Wildman–Crippen LogP) is 3.75. The molecule has 19 heavy (non-hydrogen) atoms. The highest BCUT2D eigenvalue weighted by atomic mass is 19.1. The van der Waals surface area contributed by atoms with Gasteiger partial charge in [0.2, 0.25) is 0 Å². The number of Topliss-reactive ketones (excluding diaryl/α,β-unsaturated/α-hetero) is 1. The van der Waals surface area contributed by atoms with Gasteiger partial charge in [-0.1, -0.05) is 12.1 Å². The summed E-state index contributed by atoms with van der Waals surface area (Å²) in [6, 6.07) is 9.82. The van der Waals surface area contributed by atoms with Crippen LogP contribution in [0.2, 0.25) is 0 Å². The first-order chi connectivity index (χ1) is 9.06. The Balaban J connectivity index is 2.07. The molecule has 0 amide bonds. The lowest BCUT2D eigenvalue weighted by molar-refractivity contribution is 0.101. The number of hydrogen-bond donors (Lipinski definition) is 0. The summed E-state index contributed by atoms with van der Waals surface area (Å²) >= 11 is 0. The fraction of sp³-hybridized carbons (Fsp3) is 0.133. The van der Waals surface area contributed by atoms with Crippen LogP contribution in [0.1, 0.15) is 22.8 Å². The lowest BCUT2D eigenvalue weighted by Gasteiger charge is -2.08. The number of ether oxygens (including phenoxy) is 1. The van der Waals surface area contributed by atoms with Gasteiger partial charge >= 0.3 is 0 Å². The Labute approximate surface area is 109 Å². The molecule has 0 saturated heterocycles. The fourth-order valence-electron chi connectivity index (χ4n) is 1.58. The molecule has 4 heteroatoms. The Bertz CT molecular complexity index is 592. The van der Waals surface area contributed by atoms with Crippen molar-refractivity contribution < 1.29 is 18.3 Å². The average Bonchev–Trinajstić information content (AvgIpc) is 2.39. The second-order valence-electron chi connectivity index (χ2n) is 4.12. The zero-order valence-electron chi connectivity index (χ0n) is 10.3. The predicted molar refractivity (Wildman–Crippen MR) is 67.1 cm³/mol. The quantitative estimate of drug-likeness (QED) is 0.784. The van der Waals surface area contributed by atoms with Gasteiger partial charge in [-0.15, -0.1) is 0 Å². The molecule has 0 spiro atoms. The van der Waals surface area contributed by atoms with Crippen molar-refractivity contribution in [3.63, 3.8) is 0 Å². The van der Waals surface area contributed by atoms with Crippen molar-refractivity contribution >= 4 is 5.78 Å². The topological polar surface area (TPSA) is 26.3 Å². The molecule has 98 valence electrons. The summed E-state index contributed by atoms with van der Waals surface area (Å²) in [7, 11) is 0. The van der Waals surface area contributed by atoms with E-state index in [9.17, 15) is 13.6 Å². The van der Waals surface area contributed by atoms with E-state index in [-0.39, 0.29) is 24.0 Å². The van der Waals surface area contributed by atoms with Gasteiger partial charge in [0.25, 0.3) is 0 Å². The van der Waals surface area contributed by atoms with Gasteiger partial charge in [0.1, 0.15) is 12.4 Å². The first kappa shape index (κ1) is 13.2. The molecule has 0 aliphatic carbocycles. The molecule has 0 aliphatic rings. The smallest absolute Gasteiger partial charge is 0.165 e. The number of rotatable bonds is 4. The molecule has 0 atom stereocenters. The standard InChI is InChI=1S/C15H12F2O2/c1-10(18)12-4-7-15(14(17)8-12)19-9-11-2-5-13(16)6-3-11/h2-8H,9H2,1H3. The van der Waals surface area contributed by atoms with Crippen LogP contribution in [-0.2, 0) is 6.61 Å². The maximum Gasteiger partial charge on any atom is 0.165 e. The number of ketones is 1. The second kappa shape index (κ2) is 5.61. The van der Waals surface area contributed by atoms with Crippen LogP contribution in [0.3, 0.4) is 0 Å². The summed E-state index contributed by atoms with van der Waals surface area (Å²) in [6.45, 7) is 1.50. The largest absolute Gasteiger partial charge is 0.486 e. The number of carbonyl (C=O) groups excluding carboxylic acids is 1. The third-order valence-corrected chi connectivity index (χ3v) is 2.65. The number of carbonyl (C=O) groups is 1. The molecule has 2 rings (SSSR count). The van der Waals surface area contributed by atoms with Gasteiger partial charge in [0.15, 0.2) is 17.3 Å². The van der Waals surface area contributed by atoms with Gasteiger partial charge in [-0.2, -0.15) is 0 Å². The first-order valence-electron chi connectivity index (χ1n) is 5.74. The normalized spacial score (nSPS) is 10.3. The van der Waals surface area contributed by atoms with Crippen LogP contribution >= 0.6 is 0 Å². The van der Waals surface area contributed by atoms with E-state index in [1.807, 2.05) is 0 Å². The van der Waals surface area contributed by atoms with Crippen molar-refractivity contribution in [3.05, 3.63) is 65.2 Å². The van der Waals surface area contributed by atoms with E-state index in [4.69, 9.17) is 4.74 Å². The minimum atomic E-state index is -0.588. The summed E-state index contributed by atoms with van der Waals surface area (Å²) in [5.41, 5.74) is 1.03. The summed E-state index contributed by atoms with van der Waals surface area (Å²) in [6.07, 6.45) is 0. The molecule has 2 nitrogen and oxygen atoms in total. The highest BCUT2D eigenvalue weighted by molar-refractivity contribution is 5.94. The van der Waals surface area contributed by atoms with Gasteiger partial charge < -0.3 is 4.74 Å². The molecule has 0 N–H and O–H groups in total. The Kier molecular flexibility index (Phi) is 3.90. The number of hydrogen-bond acceptors (Lipinski definition) is 2. The third-order valence-electron chi connectivity index (χ3n) is 2.65. The average molecular weight is 262 g/mol. The van der Waals surface area contributed by atoms with Crippen LogP contribution in [0.25, 0.3) is 0 Å². The summed E-state index contributed by atoms with van der Waals surface area (Å²) in [4.78, 5) is 11.1. The highest BCUT2D eigenvalue weighted by Crippen LogP contribution is 2.20. The van der Waals surface area contributed by atoms with E-state index in [1.54, 1.807) is 12.1 Å². The van der Waals surface area contributed by atoms with E-state index in [1.165, 1.54) is 31.2 Å². The lowest BCUT2D eigenvalue weighted by Crippen LogP contribution is -1.99. The summed E-state index contributed by atoms with van der Waals surface area (Å²) < 4.78 is 31.6. The van der Waals surface area contributed by atoms with Crippen LogP contribution in [-0.4, -0.2) is 5.78 Å². The maximum absolute atomic E-state index is 13.6. The lowest BCUT2D eigenvalue weighted by atomic mass is 10.1. The summed E-state index contributed by atoms with van der Waals surface area (Å²) in [5, 5.41) is 0. The van der Waals surface area contributed by atoms with E-state index in [0.717, 1.165) is 11.6 Å². The molecule has 0 unspecified atom stereocenters. The fourth-order valence-corrected chi connectivity index (χ4v) is 1.58. The molecule has 0 aliphatic heterocycles. The van der Waals surface area contributed by atoms with Gasteiger partial charge in [-0.3, -0.25) is 4.79 Å². The van der Waals surface area contributed by atoms with Crippen LogP contribution in [0.5, 0.6) is 5.75 Å². The molecular formula is C15H12F2O2. The van der Waals surface area contributed by atoms with Crippen molar-refractivity contribution in [2.24, 2.45) is 0 Å². The van der Waals surface area contributed by atoms with Crippen LogP contribution in [0.4, 0.5) is 8.78 Å². The molecule has 0 bridgehead atoms. The second-order valence-corrected chi connectivity index (χ2v) is 4.12. The van der Waals surface area contributed by atoms with E-state index in [0.29, 0.717) is 5.56 Å². The monoisotopic (exact) mass is 262 g/mol. The van der Waals surface area contributed by atoms with Gasteiger partial charge in [0.05, 0.1) is 0 Å². The minimum Gasteiger partial charge on any atom is -0.486 e. The first-order valence-corrected chi connectivity index (χ1v) is 5.74. The van der Waals surface area contributed by atoms with Gasteiger partial charge in [0, 0.05) is 5.56 Å². The molecule has 2 aromatic rings. The Morgan fingerprint density at radius 2 is 1.79 bits per heavy atom. The molecule has 0 saturated carbocycles. The maximum atomic E-state index is 13.6. The van der Waals surface area contributed by atoms with Crippen molar-refractivity contribution in [3.8, 4) is 5.75 Å². The molecular weight excluding hydrogens is 250 g/mol. The molecule has 0 aromatic heterocycles. The third kappa shape index (κ3) is 3.37. The SMILES string of the molecule is CC(=O)c1ccc(OCc2ccc(F)cc2)c(F)c1. The Morgan fingerprint density at radius 3 is 2.37 bits per heavy atom. The van der Waals surface area contributed by atoms with E-state index >= 15 is 0 Å². The zero-order valence-corrected chi connectivity index (χ0v) is 10.3. The van der Waals surface area contributed by atoms with Gasteiger partial charge in [-0.05, 0) is 42.8 Å². The highest BCUT2D eigenvalue weighted by Gasteiger charge is 2.07. The molecule has 0 heterocycles. The van der Waals surface area contributed by atoms with E-state index in [2.05, 4.69) is 0 Å².